The number of aliphatic hydroxyl groups is 1. The second-order valence-electron chi connectivity index (χ2n) is 7.98. The zero-order valence-electron chi connectivity index (χ0n) is 17.4. The van der Waals surface area contributed by atoms with E-state index in [-0.39, 0.29) is 12.5 Å². The van der Waals surface area contributed by atoms with Crippen molar-refractivity contribution in [3.05, 3.63) is 66.0 Å². The summed E-state index contributed by atoms with van der Waals surface area (Å²) in [5.74, 6) is -1.41. The van der Waals surface area contributed by atoms with E-state index in [1.165, 1.54) is 24.4 Å². The minimum Gasteiger partial charge on any atom is -0.393 e. The maximum Gasteiger partial charge on any atom is 0.241 e. The van der Waals surface area contributed by atoms with Crippen LogP contribution in [0.1, 0.15) is 18.4 Å². The second-order valence-corrected chi connectivity index (χ2v) is 7.98. The van der Waals surface area contributed by atoms with Crippen LogP contribution in [0, 0.1) is 11.6 Å². The Kier molecular flexibility index (Phi) is 6.48. The highest BCUT2D eigenvalue weighted by Crippen LogP contribution is 2.35. The number of halogens is 2. The minimum absolute atomic E-state index is 0.143. The molecule has 1 atom stereocenters. The lowest BCUT2D eigenvalue weighted by Gasteiger charge is -2.33. The first kappa shape index (κ1) is 21.9. The van der Waals surface area contributed by atoms with Crippen molar-refractivity contribution in [2.75, 3.05) is 23.3 Å². The molecule has 1 aliphatic heterocycles. The van der Waals surface area contributed by atoms with Crippen LogP contribution in [0.4, 0.5) is 20.2 Å². The standard InChI is InChI=1S/C23H25F2N5O2/c24-16-3-1-2-14(8-16)9-20(26)23(32)29-21-11-19(25)18(15-12-27-28-13-15)10-22(21)30-6-4-17(31)5-7-30/h1-3,8,10-13,17,20,31H,4-7,9,26H2,(H,27,28)(H,29,32)/t20-/m1/s1. The molecule has 168 valence electrons. The van der Waals surface area contributed by atoms with Crippen LogP contribution in [-0.4, -0.2) is 46.4 Å². The van der Waals surface area contributed by atoms with Gasteiger partial charge in [0.1, 0.15) is 11.6 Å². The van der Waals surface area contributed by atoms with Gasteiger partial charge in [0.15, 0.2) is 0 Å². The third-order valence-corrected chi connectivity index (χ3v) is 5.64. The smallest absolute Gasteiger partial charge is 0.241 e. The van der Waals surface area contributed by atoms with Crippen molar-refractivity contribution in [2.45, 2.75) is 31.4 Å². The molecule has 0 spiro atoms. The van der Waals surface area contributed by atoms with Gasteiger partial charge in [0.05, 0.1) is 29.7 Å². The van der Waals surface area contributed by atoms with Gasteiger partial charge in [0, 0.05) is 36.5 Å². The summed E-state index contributed by atoms with van der Waals surface area (Å²) < 4.78 is 28.4. The van der Waals surface area contributed by atoms with E-state index in [9.17, 15) is 18.7 Å². The Morgan fingerprint density at radius 1 is 1.28 bits per heavy atom. The molecule has 2 heterocycles. The van der Waals surface area contributed by atoms with Gasteiger partial charge in [-0.2, -0.15) is 5.10 Å². The molecule has 1 aliphatic rings. The van der Waals surface area contributed by atoms with Crippen LogP contribution >= 0.6 is 0 Å². The van der Waals surface area contributed by atoms with Crippen LogP contribution in [0.25, 0.3) is 11.1 Å². The zero-order valence-corrected chi connectivity index (χ0v) is 17.4. The largest absolute Gasteiger partial charge is 0.393 e. The van der Waals surface area contributed by atoms with Gasteiger partial charge in [-0.25, -0.2) is 8.78 Å². The monoisotopic (exact) mass is 441 g/mol. The van der Waals surface area contributed by atoms with E-state index in [1.54, 1.807) is 24.4 Å². The first-order chi connectivity index (χ1) is 15.4. The molecule has 7 nitrogen and oxygen atoms in total. The van der Waals surface area contributed by atoms with E-state index in [1.807, 2.05) is 4.90 Å². The summed E-state index contributed by atoms with van der Waals surface area (Å²) in [5.41, 5.74) is 8.52. The highest BCUT2D eigenvalue weighted by Gasteiger charge is 2.24. The van der Waals surface area contributed by atoms with Crippen molar-refractivity contribution >= 4 is 17.3 Å². The number of aromatic nitrogens is 2. The lowest BCUT2D eigenvalue weighted by molar-refractivity contribution is -0.117. The molecule has 1 aromatic heterocycles. The lowest BCUT2D eigenvalue weighted by atomic mass is 10.0. The first-order valence-electron chi connectivity index (χ1n) is 10.5. The van der Waals surface area contributed by atoms with Gasteiger partial charge in [-0.15, -0.1) is 0 Å². The van der Waals surface area contributed by atoms with Crippen molar-refractivity contribution in [3.63, 3.8) is 0 Å². The molecule has 1 fully saturated rings. The van der Waals surface area contributed by atoms with Crippen molar-refractivity contribution in [1.82, 2.24) is 10.2 Å². The molecular formula is C23H25F2N5O2. The topological polar surface area (TPSA) is 107 Å². The molecule has 2 aromatic carbocycles. The van der Waals surface area contributed by atoms with Crippen molar-refractivity contribution in [1.29, 1.82) is 0 Å². The van der Waals surface area contributed by atoms with Gasteiger partial charge in [0.25, 0.3) is 0 Å². The van der Waals surface area contributed by atoms with Gasteiger partial charge in [-0.05, 0) is 43.0 Å². The molecule has 4 rings (SSSR count). The third kappa shape index (κ3) is 4.95. The van der Waals surface area contributed by atoms with Gasteiger partial charge >= 0.3 is 0 Å². The van der Waals surface area contributed by atoms with Gasteiger partial charge in [-0.3, -0.25) is 9.89 Å². The van der Waals surface area contributed by atoms with E-state index in [2.05, 4.69) is 15.5 Å². The van der Waals surface area contributed by atoms with Crippen LogP contribution in [0.2, 0.25) is 0 Å². The molecule has 0 saturated carbocycles. The quantitative estimate of drug-likeness (QED) is 0.471. The normalized spacial score (nSPS) is 15.6. The fourth-order valence-corrected chi connectivity index (χ4v) is 3.89. The SMILES string of the molecule is N[C@H](Cc1cccc(F)c1)C(=O)Nc1cc(F)c(-c2cn[nH]c2)cc1N1CCC(O)CC1. The van der Waals surface area contributed by atoms with Crippen molar-refractivity contribution < 1.29 is 18.7 Å². The number of benzene rings is 2. The highest BCUT2D eigenvalue weighted by molar-refractivity contribution is 5.98. The molecule has 0 unspecified atom stereocenters. The molecule has 1 saturated heterocycles. The number of H-pyrrole nitrogens is 1. The maximum absolute atomic E-state index is 14.9. The molecule has 9 heteroatoms. The zero-order chi connectivity index (χ0) is 22.7. The average molecular weight is 441 g/mol. The van der Waals surface area contributed by atoms with Crippen LogP contribution in [0.5, 0.6) is 0 Å². The number of carbonyl (C=O) groups is 1. The molecular weight excluding hydrogens is 416 g/mol. The number of hydrogen-bond donors (Lipinski definition) is 4. The summed E-state index contributed by atoms with van der Waals surface area (Å²) in [6.07, 6.45) is 4.03. The third-order valence-electron chi connectivity index (χ3n) is 5.64. The van der Waals surface area contributed by atoms with Crippen LogP contribution < -0.4 is 16.0 Å². The fraction of sp³-hybridized carbons (Fsp3) is 0.304. The Labute approximate surface area is 184 Å². The summed E-state index contributed by atoms with van der Waals surface area (Å²) in [4.78, 5) is 14.8. The number of aromatic amines is 1. The molecule has 1 amide bonds. The van der Waals surface area contributed by atoms with E-state index in [0.717, 1.165) is 0 Å². The van der Waals surface area contributed by atoms with Crippen molar-refractivity contribution in [2.24, 2.45) is 5.73 Å². The number of nitrogens with zero attached hydrogens (tertiary/aromatic N) is 2. The van der Waals surface area contributed by atoms with Crippen LogP contribution in [-0.2, 0) is 11.2 Å². The molecule has 3 aromatic rings. The Morgan fingerprint density at radius 2 is 2.06 bits per heavy atom. The Balaban J connectivity index is 1.60. The van der Waals surface area contributed by atoms with E-state index in [4.69, 9.17) is 5.73 Å². The van der Waals surface area contributed by atoms with Crippen LogP contribution in [0.3, 0.4) is 0 Å². The number of carbonyl (C=O) groups excluding carboxylic acids is 1. The molecule has 32 heavy (non-hydrogen) atoms. The van der Waals surface area contributed by atoms with Gasteiger partial charge < -0.3 is 21.1 Å². The van der Waals surface area contributed by atoms with Crippen molar-refractivity contribution in [3.8, 4) is 11.1 Å². The van der Waals surface area contributed by atoms with E-state index >= 15 is 0 Å². The Bertz CT molecular complexity index is 1080. The lowest BCUT2D eigenvalue weighted by Crippen LogP contribution is -2.39. The number of nitrogens with two attached hydrogens (primary N) is 1. The number of aliphatic hydroxyl groups excluding tert-OH is 1. The summed E-state index contributed by atoms with van der Waals surface area (Å²) in [6.45, 7) is 1.13. The number of hydrogen-bond acceptors (Lipinski definition) is 5. The number of rotatable bonds is 6. The highest BCUT2D eigenvalue weighted by atomic mass is 19.1. The first-order valence-corrected chi connectivity index (χ1v) is 10.5. The minimum atomic E-state index is -0.940. The van der Waals surface area contributed by atoms with E-state index < -0.39 is 23.6 Å². The summed E-state index contributed by atoms with van der Waals surface area (Å²) >= 11 is 0. The Morgan fingerprint density at radius 3 is 2.75 bits per heavy atom. The Hall–Kier alpha value is -3.30. The summed E-state index contributed by atoms with van der Waals surface area (Å²) in [6, 6.07) is 7.91. The van der Waals surface area contributed by atoms with E-state index in [0.29, 0.717) is 54.0 Å². The number of piperidine rings is 1. The molecule has 0 radical (unpaired) electrons. The van der Waals surface area contributed by atoms with Gasteiger partial charge in [-0.1, -0.05) is 12.1 Å². The number of amides is 1. The number of anilines is 2. The fourth-order valence-electron chi connectivity index (χ4n) is 3.89. The maximum atomic E-state index is 14.9. The average Bonchev–Trinajstić information content (AvgIpc) is 3.29. The molecule has 0 bridgehead atoms. The van der Waals surface area contributed by atoms with Crippen LogP contribution in [0.15, 0.2) is 48.8 Å². The summed E-state index contributed by atoms with van der Waals surface area (Å²) in [7, 11) is 0. The summed E-state index contributed by atoms with van der Waals surface area (Å²) in [5, 5.41) is 19.2. The predicted octanol–water partition coefficient (Wildman–Crippen LogP) is 2.82. The second kappa shape index (κ2) is 9.46. The molecule has 5 N–H and O–H groups in total. The molecule has 0 aliphatic carbocycles. The predicted molar refractivity (Wildman–Crippen MR) is 118 cm³/mol. The number of nitrogens with one attached hydrogen (secondary N) is 2. The van der Waals surface area contributed by atoms with Gasteiger partial charge in [0.2, 0.25) is 5.91 Å².